The summed E-state index contributed by atoms with van der Waals surface area (Å²) in [6.07, 6.45) is 2.02. The first-order chi connectivity index (χ1) is 8.49. The summed E-state index contributed by atoms with van der Waals surface area (Å²) in [6, 6.07) is -1.17. The zero-order chi connectivity index (χ0) is 13.7. The fourth-order valence-electron chi connectivity index (χ4n) is 1.42. The van der Waals surface area contributed by atoms with Crippen LogP contribution in [-0.2, 0) is 21.4 Å². The van der Waals surface area contributed by atoms with Gasteiger partial charge in [0.1, 0.15) is 6.10 Å². The highest BCUT2D eigenvalue weighted by atomic mass is 16.5. The summed E-state index contributed by atoms with van der Waals surface area (Å²) < 4.78 is 6.28. The summed E-state index contributed by atoms with van der Waals surface area (Å²) in [4.78, 5) is 22.8. The van der Waals surface area contributed by atoms with Crippen molar-refractivity contribution in [3.05, 3.63) is 18.0 Å². The van der Waals surface area contributed by atoms with Gasteiger partial charge in [-0.25, -0.2) is 4.79 Å². The third-order valence-corrected chi connectivity index (χ3v) is 2.38. The number of aromatic nitrogens is 2. The quantitative estimate of drug-likeness (QED) is 0.578. The molecule has 0 saturated heterocycles. The van der Waals surface area contributed by atoms with Gasteiger partial charge in [-0.05, 0) is 0 Å². The Hall–Kier alpha value is -1.93. The zero-order valence-electron chi connectivity index (χ0n) is 10.2. The summed E-state index contributed by atoms with van der Waals surface area (Å²) in [7, 11) is 2.99. The molecule has 0 bridgehead atoms. The van der Waals surface area contributed by atoms with Crippen molar-refractivity contribution < 1.29 is 19.4 Å². The number of rotatable bonds is 6. The fraction of sp³-hybridized carbons (Fsp3) is 0.500. The Morgan fingerprint density at radius 2 is 2.33 bits per heavy atom. The average molecular weight is 256 g/mol. The molecule has 0 spiro atoms. The van der Waals surface area contributed by atoms with E-state index in [0.717, 1.165) is 0 Å². The molecule has 100 valence electrons. The van der Waals surface area contributed by atoms with Gasteiger partial charge in [0.05, 0.1) is 6.20 Å². The fourth-order valence-corrected chi connectivity index (χ4v) is 1.42. The minimum absolute atomic E-state index is 0.0261. The Labute approximate surface area is 104 Å². The smallest absolute Gasteiger partial charge is 0.331 e. The molecule has 8 heteroatoms. The Morgan fingerprint density at radius 3 is 2.72 bits per heavy atom. The second-order valence-corrected chi connectivity index (χ2v) is 3.69. The van der Waals surface area contributed by atoms with Crippen LogP contribution in [0.5, 0.6) is 0 Å². The van der Waals surface area contributed by atoms with Crippen molar-refractivity contribution in [3.8, 4) is 0 Å². The number of carboxylic acids is 1. The van der Waals surface area contributed by atoms with Crippen LogP contribution in [0.3, 0.4) is 0 Å². The van der Waals surface area contributed by atoms with Gasteiger partial charge in [0, 0.05) is 32.5 Å². The van der Waals surface area contributed by atoms with Crippen molar-refractivity contribution in [3.63, 3.8) is 0 Å². The number of aryl methyl sites for hydroxylation is 1. The Balaban J connectivity index is 2.82. The van der Waals surface area contributed by atoms with Crippen LogP contribution in [0.1, 0.15) is 11.6 Å². The number of nitrogens with two attached hydrogens (primary N) is 1. The van der Waals surface area contributed by atoms with Gasteiger partial charge in [-0.2, -0.15) is 5.10 Å². The molecule has 2 unspecified atom stereocenters. The SMILES string of the molecule is COC(CN)C(=O)NC(C(=O)O)c1cnn(C)c1. The van der Waals surface area contributed by atoms with Crippen LogP contribution in [0.15, 0.2) is 12.4 Å². The zero-order valence-corrected chi connectivity index (χ0v) is 10.2. The molecule has 2 atom stereocenters. The first kappa shape index (κ1) is 14.1. The minimum atomic E-state index is -1.18. The highest BCUT2D eigenvalue weighted by Gasteiger charge is 2.26. The van der Waals surface area contributed by atoms with Gasteiger partial charge in [0.15, 0.2) is 6.04 Å². The summed E-state index contributed by atoms with van der Waals surface area (Å²) in [5.41, 5.74) is 5.71. The lowest BCUT2D eigenvalue weighted by molar-refractivity contribution is -0.144. The maximum Gasteiger partial charge on any atom is 0.331 e. The third kappa shape index (κ3) is 3.28. The monoisotopic (exact) mass is 256 g/mol. The molecule has 4 N–H and O–H groups in total. The minimum Gasteiger partial charge on any atom is -0.479 e. The van der Waals surface area contributed by atoms with E-state index in [2.05, 4.69) is 10.4 Å². The second-order valence-electron chi connectivity index (χ2n) is 3.69. The molecule has 0 saturated carbocycles. The number of aliphatic carboxylic acids is 1. The van der Waals surface area contributed by atoms with Gasteiger partial charge in [0.2, 0.25) is 0 Å². The number of carbonyl (C=O) groups is 2. The number of methoxy groups -OCH3 is 1. The summed E-state index contributed by atoms with van der Waals surface area (Å²) >= 11 is 0. The van der Waals surface area contributed by atoms with Crippen LogP contribution >= 0.6 is 0 Å². The van der Waals surface area contributed by atoms with Crippen molar-refractivity contribution >= 4 is 11.9 Å². The average Bonchev–Trinajstić information content (AvgIpc) is 2.73. The highest BCUT2D eigenvalue weighted by Crippen LogP contribution is 2.12. The van der Waals surface area contributed by atoms with Gasteiger partial charge >= 0.3 is 5.97 Å². The van der Waals surface area contributed by atoms with Gasteiger partial charge in [-0.1, -0.05) is 0 Å². The van der Waals surface area contributed by atoms with Crippen molar-refractivity contribution in [2.75, 3.05) is 13.7 Å². The lowest BCUT2D eigenvalue weighted by Crippen LogP contribution is -2.44. The number of carboxylic acid groups (broad SMARTS) is 1. The molecular weight excluding hydrogens is 240 g/mol. The molecule has 0 aliphatic rings. The number of amides is 1. The number of carbonyl (C=O) groups excluding carboxylic acids is 1. The van der Waals surface area contributed by atoms with Gasteiger partial charge < -0.3 is 20.9 Å². The maximum atomic E-state index is 11.7. The first-order valence-corrected chi connectivity index (χ1v) is 5.24. The van der Waals surface area contributed by atoms with Crippen LogP contribution in [0.25, 0.3) is 0 Å². The van der Waals surface area contributed by atoms with Gasteiger partial charge in [-0.3, -0.25) is 9.48 Å². The third-order valence-electron chi connectivity index (χ3n) is 2.38. The highest BCUT2D eigenvalue weighted by molar-refractivity contribution is 5.87. The van der Waals surface area contributed by atoms with E-state index in [1.54, 1.807) is 7.05 Å². The van der Waals surface area contributed by atoms with E-state index in [4.69, 9.17) is 15.6 Å². The molecule has 0 aromatic carbocycles. The Bertz CT molecular complexity index is 427. The molecule has 1 aromatic rings. The van der Waals surface area contributed by atoms with E-state index in [-0.39, 0.29) is 6.54 Å². The van der Waals surface area contributed by atoms with Crippen molar-refractivity contribution in [1.82, 2.24) is 15.1 Å². The summed E-state index contributed by atoms with van der Waals surface area (Å²) in [5, 5.41) is 15.3. The second kappa shape index (κ2) is 6.12. The topological polar surface area (TPSA) is 119 Å². The number of hydrogen-bond donors (Lipinski definition) is 3. The van der Waals surface area contributed by atoms with Crippen LogP contribution in [0, 0.1) is 0 Å². The molecule has 1 rings (SSSR count). The lowest BCUT2D eigenvalue weighted by atomic mass is 10.1. The van der Waals surface area contributed by atoms with E-state index < -0.39 is 24.0 Å². The van der Waals surface area contributed by atoms with Gasteiger partial charge in [-0.15, -0.1) is 0 Å². The van der Waals surface area contributed by atoms with Crippen LogP contribution in [0.2, 0.25) is 0 Å². The molecule has 0 fully saturated rings. The number of nitrogens with one attached hydrogen (secondary N) is 1. The lowest BCUT2D eigenvalue weighted by Gasteiger charge is -2.17. The molecular formula is C10H16N4O4. The van der Waals surface area contributed by atoms with E-state index >= 15 is 0 Å². The number of hydrogen-bond acceptors (Lipinski definition) is 5. The van der Waals surface area contributed by atoms with Crippen molar-refractivity contribution in [2.24, 2.45) is 12.8 Å². The van der Waals surface area contributed by atoms with E-state index in [9.17, 15) is 9.59 Å². The largest absolute Gasteiger partial charge is 0.479 e. The molecule has 18 heavy (non-hydrogen) atoms. The van der Waals surface area contributed by atoms with Crippen LogP contribution in [-0.4, -0.2) is 46.5 Å². The van der Waals surface area contributed by atoms with Crippen LogP contribution < -0.4 is 11.1 Å². The molecule has 1 heterocycles. The van der Waals surface area contributed by atoms with E-state index in [1.807, 2.05) is 0 Å². The first-order valence-electron chi connectivity index (χ1n) is 5.24. The summed E-state index contributed by atoms with van der Waals surface area (Å²) in [6.45, 7) is -0.0261. The predicted octanol–water partition coefficient (Wildman–Crippen LogP) is -1.36. The molecule has 1 amide bonds. The number of nitrogens with zero attached hydrogens (tertiary/aromatic N) is 2. The Morgan fingerprint density at radius 1 is 1.67 bits per heavy atom. The molecule has 8 nitrogen and oxygen atoms in total. The number of ether oxygens (including phenoxy) is 1. The standard InChI is InChI=1S/C10H16N4O4/c1-14-5-6(4-12-14)8(10(16)17)13-9(15)7(3-11)18-2/h4-5,7-8H,3,11H2,1-2H3,(H,13,15)(H,16,17). The normalized spacial score (nSPS) is 13.9. The Kier molecular flexibility index (Phi) is 4.81. The summed E-state index contributed by atoms with van der Waals surface area (Å²) in [5.74, 6) is -1.75. The van der Waals surface area contributed by atoms with Crippen molar-refractivity contribution in [2.45, 2.75) is 12.1 Å². The maximum absolute atomic E-state index is 11.7. The van der Waals surface area contributed by atoms with Crippen LogP contribution in [0.4, 0.5) is 0 Å². The predicted molar refractivity (Wildman–Crippen MR) is 61.6 cm³/mol. The molecule has 0 aliphatic carbocycles. The van der Waals surface area contributed by atoms with Gasteiger partial charge in [0.25, 0.3) is 5.91 Å². The van der Waals surface area contributed by atoms with Crippen molar-refractivity contribution in [1.29, 1.82) is 0 Å². The molecule has 1 aromatic heterocycles. The molecule has 0 aliphatic heterocycles. The molecule has 0 radical (unpaired) electrons. The van der Waals surface area contributed by atoms with E-state index in [0.29, 0.717) is 5.56 Å². The van der Waals surface area contributed by atoms with E-state index in [1.165, 1.54) is 24.2 Å².